The molecule has 3 aromatic rings. The molecule has 0 unspecified atom stereocenters. The van der Waals surface area contributed by atoms with Gasteiger partial charge in [-0.2, -0.15) is 0 Å². The molecule has 0 atom stereocenters. The average molecular weight is 476 g/mol. The number of thioether (sulfide) groups is 1. The fourth-order valence-corrected chi connectivity index (χ4v) is 4.14. The van der Waals surface area contributed by atoms with Gasteiger partial charge in [-0.3, -0.25) is 14.2 Å². The lowest BCUT2D eigenvalue weighted by Crippen LogP contribution is -2.28. The largest absolute Gasteiger partial charge is 0.497 e. The molecule has 0 fully saturated rings. The molecule has 29 heavy (non-hydrogen) atoms. The van der Waals surface area contributed by atoms with E-state index in [1.807, 2.05) is 37.3 Å². The topological polar surface area (TPSA) is 73.2 Å². The minimum Gasteiger partial charge on any atom is -0.497 e. The molecule has 0 radical (unpaired) electrons. The quantitative estimate of drug-likeness (QED) is 0.397. The minimum atomic E-state index is -0.0961. The number of amides is 1. The second kappa shape index (κ2) is 9.93. The molecule has 0 saturated carbocycles. The summed E-state index contributed by atoms with van der Waals surface area (Å²) < 4.78 is 7.58. The second-order valence-electron chi connectivity index (χ2n) is 6.34. The summed E-state index contributed by atoms with van der Waals surface area (Å²) >= 11 is 4.66. The lowest BCUT2D eigenvalue weighted by atomic mass is 10.1. The first-order chi connectivity index (χ1) is 14.0. The first-order valence-electron chi connectivity index (χ1n) is 9.24. The molecule has 1 amide bonds. The van der Waals surface area contributed by atoms with Crippen LogP contribution in [-0.2, 0) is 17.8 Å². The summed E-state index contributed by atoms with van der Waals surface area (Å²) in [5.74, 6) is 0.930. The summed E-state index contributed by atoms with van der Waals surface area (Å²) in [6.07, 6.45) is 0.739. The van der Waals surface area contributed by atoms with Crippen LogP contribution in [0.1, 0.15) is 12.5 Å². The van der Waals surface area contributed by atoms with Crippen LogP contribution in [0, 0.1) is 0 Å². The van der Waals surface area contributed by atoms with Gasteiger partial charge in [0.15, 0.2) is 5.16 Å². The molecule has 0 saturated heterocycles. The predicted octanol–water partition coefficient (Wildman–Crippen LogP) is 3.64. The van der Waals surface area contributed by atoms with Gasteiger partial charge >= 0.3 is 0 Å². The summed E-state index contributed by atoms with van der Waals surface area (Å²) in [5, 5.41) is 4.03. The Bertz CT molecular complexity index is 1070. The van der Waals surface area contributed by atoms with Crippen molar-refractivity contribution in [1.82, 2.24) is 14.9 Å². The molecular formula is C21H22BrN3O3S. The van der Waals surface area contributed by atoms with E-state index in [0.29, 0.717) is 29.1 Å². The third kappa shape index (κ3) is 5.39. The van der Waals surface area contributed by atoms with Crippen molar-refractivity contribution in [1.29, 1.82) is 0 Å². The number of methoxy groups -OCH3 is 1. The normalized spacial score (nSPS) is 10.9. The number of nitrogens with one attached hydrogen (secondary N) is 1. The van der Waals surface area contributed by atoms with E-state index in [1.165, 1.54) is 11.8 Å². The van der Waals surface area contributed by atoms with E-state index in [0.717, 1.165) is 22.2 Å². The van der Waals surface area contributed by atoms with Crippen LogP contribution in [0.3, 0.4) is 0 Å². The number of carbonyl (C=O) groups is 1. The van der Waals surface area contributed by atoms with Gasteiger partial charge in [-0.25, -0.2) is 4.98 Å². The lowest BCUT2D eigenvalue weighted by molar-refractivity contribution is -0.118. The van der Waals surface area contributed by atoms with Gasteiger partial charge in [0.05, 0.1) is 23.8 Å². The monoisotopic (exact) mass is 475 g/mol. The average Bonchev–Trinajstić information content (AvgIpc) is 2.73. The molecule has 0 spiro atoms. The highest BCUT2D eigenvalue weighted by Gasteiger charge is 2.12. The molecule has 2 aromatic carbocycles. The van der Waals surface area contributed by atoms with Gasteiger partial charge in [0.2, 0.25) is 5.91 Å². The van der Waals surface area contributed by atoms with Gasteiger partial charge < -0.3 is 10.1 Å². The third-order valence-electron chi connectivity index (χ3n) is 4.42. The minimum absolute atomic E-state index is 0.0867. The molecule has 3 rings (SSSR count). The van der Waals surface area contributed by atoms with Crippen molar-refractivity contribution in [2.45, 2.75) is 25.0 Å². The number of hydrogen-bond donors (Lipinski definition) is 1. The maximum absolute atomic E-state index is 12.7. The highest BCUT2D eigenvalue weighted by molar-refractivity contribution is 9.10. The predicted molar refractivity (Wildman–Crippen MR) is 120 cm³/mol. The van der Waals surface area contributed by atoms with Crippen molar-refractivity contribution >= 4 is 44.5 Å². The molecule has 0 aliphatic rings. The maximum Gasteiger partial charge on any atom is 0.262 e. The van der Waals surface area contributed by atoms with Gasteiger partial charge in [-0.1, -0.05) is 39.8 Å². The first-order valence-corrected chi connectivity index (χ1v) is 11.0. The summed E-state index contributed by atoms with van der Waals surface area (Å²) in [5.41, 5.74) is 1.66. The molecular weight excluding hydrogens is 454 g/mol. The van der Waals surface area contributed by atoms with Crippen molar-refractivity contribution < 1.29 is 9.53 Å². The molecule has 152 valence electrons. The molecule has 0 aliphatic carbocycles. The third-order valence-corrected chi connectivity index (χ3v) is 5.89. The maximum atomic E-state index is 12.7. The summed E-state index contributed by atoms with van der Waals surface area (Å²) in [6, 6.07) is 13.2. The van der Waals surface area contributed by atoms with E-state index in [4.69, 9.17) is 4.74 Å². The molecule has 1 aromatic heterocycles. The zero-order valence-electron chi connectivity index (χ0n) is 16.3. The van der Waals surface area contributed by atoms with E-state index in [9.17, 15) is 9.59 Å². The fourth-order valence-electron chi connectivity index (χ4n) is 2.88. The smallest absolute Gasteiger partial charge is 0.262 e. The van der Waals surface area contributed by atoms with Crippen LogP contribution >= 0.6 is 27.7 Å². The second-order valence-corrected chi connectivity index (χ2v) is 8.20. The molecule has 1 heterocycles. The SMILES string of the molecule is CCn1c(SCC(=O)NCCc2ccc(OC)cc2)nc2ccc(Br)cc2c1=O. The van der Waals surface area contributed by atoms with Crippen molar-refractivity contribution in [3.8, 4) is 5.75 Å². The van der Waals surface area contributed by atoms with Gasteiger partial charge in [-0.05, 0) is 49.2 Å². The zero-order valence-corrected chi connectivity index (χ0v) is 18.7. The zero-order chi connectivity index (χ0) is 20.8. The van der Waals surface area contributed by atoms with Gasteiger partial charge in [0, 0.05) is 17.6 Å². The number of halogens is 1. The van der Waals surface area contributed by atoms with Crippen molar-refractivity contribution in [3.63, 3.8) is 0 Å². The Morgan fingerprint density at radius 1 is 1.24 bits per heavy atom. The number of rotatable bonds is 8. The Morgan fingerprint density at radius 3 is 2.69 bits per heavy atom. The number of benzene rings is 2. The number of fused-ring (bicyclic) bond motifs is 1. The van der Waals surface area contributed by atoms with Crippen LogP contribution in [0.2, 0.25) is 0 Å². The van der Waals surface area contributed by atoms with Crippen LogP contribution in [0.25, 0.3) is 10.9 Å². The number of carbonyl (C=O) groups excluding carboxylic acids is 1. The molecule has 6 nitrogen and oxygen atoms in total. The van der Waals surface area contributed by atoms with Crippen LogP contribution in [0.5, 0.6) is 5.75 Å². The molecule has 8 heteroatoms. The van der Waals surface area contributed by atoms with E-state index in [-0.39, 0.29) is 17.2 Å². The fraction of sp³-hybridized carbons (Fsp3) is 0.286. The molecule has 0 bridgehead atoms. The summed E-state index contributed by atoms with van der Waals surface area (Å²) in [4.78, 5) is 29.5. The van der Waals surface area contributed by atoms with Gasteiger partial charge in [-0.15, -0.1) is 0 Å². The molecule has 1 N–H and O–H groups in total. The number of ether oxygens (including phenoxy) is 1. The van der Waals surface area contributed by atoms with E-state index < -0.39 is 0 Å². The number of aromatic nitrogens is 2. The van der Waals surface area contributed by atoms with Crippen LogP contribution < -0.4 is 15.6 Å². The highest BCUT2D eigenvalue weighted by atomic mass is 79.9. The van der Waals surface area contributed by atoms with Crippen LogP contribution in [0.15, 0.2) is 56.9 Å². The number of nitrogens with zero attached hydrogens (tertiary/aromatic N) is 2. The van der Waals surface area contributed by atoms with Crippen LogP contribution in [0.4, 0.5) is 0 Å². The van der Waals surface area contributed by atoms with Crippen molar-refractivity contribution in [3.05, 3.63) is 62.9 Å². The summed E-state index contributed by atoms with van der Waals surface area (Å²) in [6.45, 7) is 2.94. The van der Waals surface area contributed by atoms with Crippen LogP contribution in [-0.4, -0.2) is 34.9 Å². The van der Waals surface area contributed by atoms with Crippen molar-refractivity contribution in [2.75, 3.05) is 19.4 Å². The molecule has 0 aliphatic heterocycles. The Balaban J connectivity index is 1.60. The Hall–Kier alpha value is -2.32. The van der Waals surface area contributed by atoms with E-state index in [1.54, 1.807) is 23.8 Å². The summed E-state index contributed by atoms with van der Waals surface area (Å²) in [7, 11) is 1.63. The Morgan fingerprint density at radius 2 is 2.00 bits per heavy atom. The van der Waals surface area contributed by atoms with Gasteiger partial charge in [0.25, 0.3) is 5.56 Å². The Kier molecular flexibility index (Phi) is 7.33. The van der Waals surface area contributed by atoms with Gasteiger partial charge in [0.1, 0.15) is 5.75 Å². The number of hydrogen-bond acceptors (Lipinski definition) is 5. The first kappa shape index (κ1) is 21.4. The van der Waals surface area contributed by atoms with E-state index >= 15 is 0 Å². The van der Waals surface area contributed by atoms with E-state index in [2.05, 4.69) is 26.2 Å². The highest BCUT2D eigenvalue weighted by Crippen LogP contribution is 2.20. The standard InChI is InChI=1S/C21H22BrN3O3S/c1-3-25-20(27)17-12-15(22)6-9-18(17)24-21(25)29-13-19(26)23-11-10-14-4-7-16(28-2)8-5-14/h4-9,12H,3,10-11,13H2,1-2H3,(H,23,26). The lowest BCUT2D eigenvalue weighted by Gasteiger charge is -2.11. The van der Waals surface area contributed by atoms with Crippen molar-refractivity contribution in [2.24, 2.45) is 0 Å². The Labute approximate surface area is 181 Å².